The molecule has 2 aromatic rings. The molecule has 1 heterocycles. The van der Waals surface area contributed by atoms with E-state index >= 15 is 0 Å². The smallest absolute Gasteiger partial charge is 0.410 e. The van der Waals surface area contributed by atoms with E-state index in [9.17, 15) is 4.79 Å². The van der Waals surface area contributed by atoms with Crippen molar-refractivity contribution >= 4 is 29.1 Å². The van der Waals surface area contributed by atoms with E-state index in [4.69, 9.17) is 21.1 Å². The summed E-state index contributed by atoms with van der Waals surface area (Å²) in [5, 5.41) is 3.15. The molecule has 1 aliphatic rings. The Bertz CT molecular complexity index is 673. The van der Waals surface area contributed by atoms with Crippen LogP contribution in [0.1, 0.15) is 0 Å². The lowest BCUT2D eigenvalue weighted by Gasteiger charge is -2.29. The molecule has 0 atom stereocenters. The highest BCUT2D eigenvalue weighted by atomic mass is 35.5. The molecule has 2 aromatic carbocycles. The zero-order chi connectivity index (χ0) is 16.1. The molecule has 6 heteroatoms. The van der Waals surface area contributed by atoms with Gasteiger partial charge in [0.25, 0.3) is 0 Å². The third-order valence-corrected chi connectivity index (χ3v) is 3.85. The normalized spacial score (nSPS) is 14.4. The van der Waals surface area contributed by atoms with E-state index in [1.54, 1.807) is 30.3 Å². The van der Waals surface area contributed by atoms with Gasteiger partial charge in [-0.3, -0.25) is 5.32 Å². The first-order chi connectivity index (χ1) is 11.2. The summed E-state index contributed by atoms with van der Waals surface area (Å²) in [5.74, 6) is 0.477. The van der Waals surface area contributed by atoms with Gasteiger partial charge in [-0.2, -0.15) is 0 Å². The van der Waals surface area contributed by atoms with Crippen LogP contribution in [0.4, 0.5) is 16.2 Å². The van der Waals surface area contributed by atoms with E-state index in [2.05, 4.69) is 10.2 Å². The highest BCUT2D eigenvalue weighted by Crippen LogP contribution is 2.28. The molecule has 1 N–H and O–H groups in total. The Balaban J connectivity index is 1.70. The minimum atomic E-state index is -0.572. The molecule has 23 heavy (non-hydrogen) atoms. The van der Waals surface area contributed by atoms with Crippen LogP contribution in [0.3, 0.4) is 0 Å². The first-order valence-corrected chi connectivity index (χ1v) is 7.76. The molecule has 1 fully saturated rings. The van der Waals surface area contributed by atoms with Gasteiger partial charge >= 0.3 is 6.09 Å². The number of ether oxygens (including phenoxy) is 2. The SMILES string of the molecule is O=C(Nc1cc(N2CCOCC2)ccc1Cl)Oc1ccccc1. The second kappa shape index (κ2) is 7.35. The van der Waals surface area contributed by atoms with Crippen LogP contribution in [0.15, 0.2) is 48.5 Å². The molecule has 0 spiro atoms. The lowest BCUT2D eigenvalue weighted by molar-refractivity contribution is 0.122. The average molecular weight is 333 g/mol. The van der Waals surface area contributed by atoms with Gasteiger partial charge in [0, 0.05) is 18.8 Å². The topological polar surface area (TPSA) is 50.8 Å². The van der Waals surface area contributed by atoms with Gasteiger partial charge in [-0.15, -0.1) is 0 Å². The van der Waals surface area contributed by atoms with Crippen LogP contribution < -0.4 is 15.0 Å². The molecule has 1 amide bonds. The Morgan fingerprint density at radius 1 is 1.13 bits per heavy atom. The van der Waals surface area contributed by atoms with Crippen LogP contribution in [0, 0.1) is 0 Å². The minimum absolute atomic E-state index is 0.465. The summed E-state index contributed by atoms with van der Waals surface area (Å²) in [6.45, 7) is 3.02. The third-order valence-electron chi connectivity index (χ3n) is 3.52. The maximum absolute atomic E-state index is 12.0. The van der Waals surface area contributed by atoms with Gasteiger partial charge in [-0.05, 0) is 30.3 Å². The van der Waals surface area contributed by atoms with Crippen molar-refractivity contribution in [2.75, 3.05) is 36.5 Å². The Labute approximate surface area is 139 Å². The maximum atomic E-state index is 12.0. The van der Waals surface area contributed by atoms with Crippen LogP contribution >= 0.6 is 11.6 Å². The highest BCUT2D eigenvalue weighted by molar-refractivity contribution is 6.33. The minimum Gasteiger partial charge on any atom is -0.410 e. The van der Waals surface area contributed by atoms with E-state index in [1.165, 1.54) is 0 Å². The third kappa shape index (κ3) is 4.15. The lowest BCUT2D eigenvalue weighted by atomic mass is 10.2. The monoisotopic (exact) mass is 332 g/mol. The molecule has 1 aliphatic heterocycles. The van der Waals surface area contributed by atoms with Crippen LogP contribution in [0.5, 0.6) is 5.75 Å². The van der Waals surface area contributed by atoms with Gasteiger partial charge in [-0.1, -0.05) is 29.8 Å². The Hall–Kier alpha value is -2.24. The quantitative estimate of drug-likeness (QED) is 0.929. The number of hydrogen-bond acceptors (Lipinski definition) is 4. The molecule has 1 saturated heterocycles. The van der Waals surface area contributed by atoms with Crippen LogP contribution in [0.25, 0.3) is 0 Å². The first kappa shape index (κ1) is 15.6. The summed E-state index contributed by atoms with van der Waals surface area (Å²) in [7, 11) is 0. The fourth-order valence-electron chi connectivity index (χ4n) is 2.36. The molecule has 0 bridgehead atoms. The first-order valence-electron chi connectivity index (χ1n) is 7.38. The number of hydrogen-bond donors (Lipinski definition) is 1. The van der Waals surface area contributed by atoms with E-state index in [0.29, 0.717) is 29.7 Å². The van der Waals surface area contributed by atoms with Crippen molar-refractivity contribution in [3.8, 4) is 5.75 Å². The number of amides is 1. The summed E-state index contributed by atoms with van der Waals surface area (Å²) < 4.78 is 10.6. The van der Waals surface area contributed by atoms with Crippen LogP contribution in [0.2, 0.25) is 5.02 Å². The number of benzene rings is 2. The molecule has 0 saturated carbocycles. The largest absolute Gasteiger partial charge is 0.417 e. The number of nitrogens with zero attached hydrogens (tertiary/aromatic N) is 1. The number of carbonyl (C=O) groups is 1. The van der Waals surface area contributed by atoms with E-state index in [1.807, 2.05) is 18.2 Å². The molecule has 0 radical (unpaired) electrons. The number of halogens is 1. The van der Waals surface area contributed by atoms with E-state index < -0.39 is 6.09 Å². The molecule has 0 unspecified atom stereocenters. The fraction of sp³-hybridized carbons (Fsp3) is 0.235. The molecule has 0 aliphatic carbocycles. The van der Waals surface area contributed by atoms with Gasteiger partial charge in [-0.25, -0.2) is 4.79 Å². The number of nitrogens with one attached hydrogen (secondary N) is 1. The van der Waals surface area contributed by atoms with Crippen LogP contribution in [-0.4, -0.2) is 32.4 Å². The second-order valence-electron chi connectivity index (χ2n) is 5.09. The van der Waals surface area contributed by atoms with Crippen molar-refractivity contribution in [2.24, 2.45) is 0 Å². The summed E-state index contributed by atoms with van der Waals surface area (Å²) in [4.78, 5) is 14.2. The summed E-state index contributed by atoms with van der Waals surface area (Å²) >= 11 is 6.17. The average Bonchev–Trinajstić information content (AvgIpc) is 2.58. The van der Waals surface area contributed by atoms with Gasteiger partial charge < -0.3 is 14.4 Å². The number of carbonyl (C=O) groups excluding carboxylic acids is 1. The highest BCUT2D eigenvalue weighted by Gasteiger charge is 2.14. The molecule has 120 valence electrons. The van der Waals surface area contributed by atoms with Gasteiger partial charge in [0.15, 0.2) is 0 Å². The molecular weight excluding hydrogens is 316 g/mol. The number of para-hydroxylation sites is 1. The number of rotatable bonds is 3. The zero-order valence-electron chi connectivity index (χ0n) is 12.5. The Morgan fingerprint density at radius 2 is 1.87 bits per heavy atom. The predicted molar refractivity (Wildman–Crippen MR) is 90.6 cm³/mol. The lowest BCUT2D eigenvalue weighted by Crippen LogP contribution is -2.36. The maximum Gasteiger partial charge on any atom is 0.417 e. The second-order valence-corrected chi connectivity index (χ2v) is 5.50. The zero-order valence-corrected chi connectivity index (χ0v) is 13.3. The van der Waals surface area contributed by atoms with Crippen LogP contribution in [-0.2, 0) is 4.74 Å². The number of anilines is 2. The van der Waals surface area contributed by atoms with Gasteiger partial charge in [0.05, 0.1) is 23.9 Å². The van der Waals surface area contributed by atoms with Crippen molar-refractivity contribution in [3.63, 3.8) is 0 Å². The Kier molecular flexibility index (Phi) is 5.00. The summed E-state index contributed by atoms with van der Waals surface area (Å²) in [6, 6.07) is 14.4. The van der Waals surface area contributed by atoms with Crippen molar-refractivity contribution in [3.05, 3.63) is 53.6 Å². The molecule has 3 rings (SSSR count). The van der Waals surface area contributed by atoms with Crippen molar-refractivity contribution < 1.29 is 14.3 Å². The Morgan fingerprint density at radius 3 is 2.61 bits per heavy atom. The summed E-state index contributed by atoms with van der Waals surface area (Å²) in [5.41, 5.74) is 1.52. The molecule has 0 aromatic heterocycles. The van der Waals surface area contributed by atoms with Gasteiger partial charge in [0.1, 0.15) is 5.75 Å². The van der Waals surface area contributed by atoms with E-state index in [-0.39, 0.29) is 0 Å². The van der Waals surface area contributed by atoms with Gasteiger partial charge in [0.2, 0.25) is 0 Å². The fourth-order valence-corrected chi connectivity index (χ4v) is 2.52. The standard InChI is InChI=1S/C17H17ClN2O3/c18-15-7-6-13(20-8-10-22-11-9-20)12-16(15)19-17(21)23-14-4-2-1-3-5-14/h1-7,12H,8-11H2,(H,19,21). The molecular formula is C17H17ClN2O3. The van der Waals surface area contributed by atoms with E-state index in [0.717, 1.165) is 18.8 Å². The summed E-state index contributed by atoms with van der Waals surface area (Å²) in [6.07, 6.45) is -0.572. The number of morpholine rings is 1. The molecule has 5 nitrogen and oxygen atoms in total. The van der Waals surface area contributed by atoms with Crippen molar-refractivity contribution in [1.29, 1.82) is 0 Å². The predicted octanol–water partition coefficient (Wildman–Crippen LogP) is 3.79. The van der Waals surface area contributed by atoms with Crippen molar-refractivity contribution in [2.45, 2.75) is 0 Å². The van der Waals surface area contributed by atoms with Crippen molar-refractivity contribution in [1.82, 2.24) is 0 Å².